The molecule has 90 valence electrons. The zero-order valence-electron chi connectivity index (χ0n) is 9.51. The Morgan fingerprint density at radius 1 is 1.59 bits per heavy atom. The number of aliphatic hydroxyl groups is 1. The lowest BCUT2D eigenvalue weighted by molar-refractivity contribution is -0.116. The number of aromatic nitrogens is 1. The molecule has 0 saturated carbocycles. The highest BCUT2D eigenvalue weighted by atomic mass is 32.1. The lowest BCUT2D eigenvalue weighted by Crippen LogP contribution is -2.13. The van der Waals surface area contributed by atoms with Crippen LogP contribution in [0.25, 0.3) is 10.2 Å². The highest BCUT2D eigenvalue weighted by Crippen LogP contribution is 2.21. The number of rotatable bonds is 4. The van der Waals surface area contributed by atoms with E-state index in [0.717, 1.165) is 15.9 Å². The van der Waals surface area contributed by atoms with Crippen molar-refractivity contribution in [3.63, 3.8) is 0 Å². The van der Waals surface area contributed by atoms with Gasteiger partial charge in [-0.15, -0.1) is 11.3 Å². The molecule has 1 aromatic carbocycles. The second-order valence-corrected chi connectivity index (χ2v) is 4.86. The summed E-state index contributed by atoms with van der Waals surface area (Å²) >= 11 is 1.54. The van der Waals surface area contributed by atoms with Gasteiger partial charge in [0.2, 0.25) is 5.91 Å². The van der Waals surface area contributed by atoms with Crippen LogP contribution in [0.5, 0.6) is 0 Å². The van der Waals surface area contributed by atoms with Crippen LogP contribution in [-0.4, -0.2) is 22.1 Å². The van der Waals surface area contributed by atoms with Crippen LogP contribution < -0.4 is 5.32 Å². The number of amides is 1. The number of anilines is 1. The minimum atomic E-state index is -0.440. The van der Waals surface area contributed by atoms with Gasteiger partial charge in [-0.25, -0.2) is 4.98 Å². The highest BCUT2D eigenvalue weighted by molar-refractivity contribution is 7.16. The third-order valence-corrected chi connectivity index (χ3v) is 3.20. The Bertz CT molecular complexity index is 522. The topological polar surface area (TPSA) is 62.2 Å². The van der Waals surface area contributed by atoms with Gasteiger partial charge in [-0.3, -0.25) is 4.79 Å². The van der Waals surface area contributed by atoms with Gasteiger partial charge in [-0.1, -0.05) is 0 Å². The molecule has 1 aromatic heterocycles. The molecule has 17 heavy (non-hydrogen) atoms. The fourth-order valence-corrected chi connectivity index (χ4v) is 2.21. The lowest BCUT2D eigenvalue weighted by Gasteiger charge is -2.06. The smallest absolute Gasteiger partial charge is 0.224 e. The fourth-order valence-electron chi connectivity index (χ4n) is 1.50. The Morgan fingerprint density at radius 3 is 3.18 bits per heavy atom. The number of carbonyl (C=O) groups excluding carboxylic acids is 1. The summed E-state index contributed by atoms with van der Waals surface area (Å²) in [6.07, 6.45) is 0.372. The molecule has 1 unspecified atom stereocenters. The molecule has 0 bridgehead atoms. The zero-order valence-corrected chi connectivity index (χ0v) is 10.3. The molecule has 2 N–H and O–H groups in total. The van der Waals surface area contributed by atoms with E-state index in [1.807, 2.05) is 18.2 Å². The number of hydrogen-bond acceptors (Lipinski definition) is 4. The summed E-state index contributed by atoms with van der Waals surface area (Å²) in [5.74, 6) is -0.0743. The molecule has 1 atom stereocenters. The Hall–Kier alpha value is -1.46. The summed E-state index contributed by atoms with van der Waals surface area (Å²) in [5, 5.41) is 11.9. The molecule has 1 heterocycles. The lowest BCUT2D eigenvalue weighted by atomic mass is 10.2. The summed E-state index contributed by atoms with van der Waals surface area (Å²) in [4.78, 5) is 15.7. The summed E-state index contributed by atoms with van der Waals surface area (Å²) in [7, 11) is 0. The number of thiazole rings is 1. The number of hydrogen-bond donors (Lipinski definition) is 2. The monoisotopic (exact) mass is 250 g/mol. The van der Waals surface area contributed by atoms with Crippen LogP contribution in [0.1, 0.15) is 19.8 Å². The van der Waals surface area contributed by atoms with Crippen molar-refractivity contribution in [3.05, 3.63) is 23.7 Å². The van der Waals surface area contributed by atoms with Crippen LogP contribution in [0.4, 0.5) is 5.69 Å². The van der Waals surface area contributed by atoms with Gasteiger partial charge < -0.3 is 10.4 Å². The van der Waals surface area contributed by atoms with Crippen LogP contribution in [0, 0.1) is 0 Å². The van der Waals surface area contributed by atoms with Crippen molar-refractivity contribution < 1.29 is 9.90 Å². The van der Waals surface area contributed by atoms with E-state index < -0.39 is 6.10 Å². The molecule has 0 saturated heterocycles. The van der Waals surface area contributed by atoms with E-state index in [2.05, 4.69) is 10.3 Å². The molecule has 5 heteroatoms. The number of nitrogens with zero attached hydrogens (tertiary/aromatic N) is 1. The van der Waals surface area contributed by atoms with Gasteiger partial charge in [0, 0.05) is 12.1 Å². The third kappa shape index (κ3) is 3.25. The fraction of sp³-hybridized carbons (Fsp3) is 0.333. The second-order valence-electron chi connectivity index (χ2n) is 3.97. The van der Waals surface area contributed by atoms with Gasteiger partial charge in [-0.2, -0.15) is 0 Å². The molecular weight excluding hydrogens is 236 g/mol. The van der Waals surface area contributed by atoms with Crippen molar-refractivity contribution in [1.82, 2.24) is 4.98 Å². The predicted molar refractivity (Wildman–Crippen MR) is 69.2 cm³/mol. The first-order chi connectivity index (χ1) is 8.15. The normalized spacial score (nSPS) is 12.6. The number of carbonyl (C=O) groups is 1. The number of aliphatic hydroxyl groups excluding tert-OH is 1. The van der Waals surface area contributed by atoms with Crippen LogP contribution in [0.2, 0.25) is 0 Å². The number of benzene rings is 1. The Kier molecular flexibility index (Phi) is 3.71. The van der Waals surface area contributed by atoms with Crippen molar-refractivity contribution >= 4 is 33.1 Å². The minimum Gasteiger partial charge on any atom is -0.393 e. The van der Waals surface area contributed by atoms with Crippen molar-refractivity contribution in [2.75, 3.05) is 5.32 Å². The average Bonchev–Trinajstić information content (AvgIpc) is 2.73. The standard InChI is InChI=1S/C12H14N2O2S/c1-8(15)2-5-12(16)14-9-3-4-10-11(6-9)17-7-13-10/h3-4,6-8,15H,2,5H2,1H3,(H,14,16). The zero-order chi connectivity index (χ0) is 12.3. The molecule has 2 aromatic rings. The molecule has 0 aliphatic heterocycles. The summed E-state index contributed by atoms with van der Waals surface area (Å²) in [6.45, 7) is 1.68. The molecule has 0 fully saturated rings. The van der Waals surface area contributed by atoms with Crippen molar-refractivity contribution in [2.24, 2.45) is 0 Å². The van der Waals surface area contributed by atoms with E-state index in [0.29, 0.717) is 12.8 Å². The maximum Gasteiger partial charge on any atom is 0.224 e. The van der Waals surface area contributed by atoms with Gasteiger partial charge in [-0.05, 0) is 31.5 Å². The summed E-state index contributed by atoms with van der Waals surface area (Å²) in [6, 6.07) is 5.63. The molecule has 4 nitrogen and oxygen atoms in total. The molecule has 0 radical (unpaired) electrons. The van der Waals surface area contributed by atoms with E-state index in [9.17, 15) is 4.79 Å². The molecule has 0 aliphatic carbocycles. The van der Waals surface area contributed by atoms with E-state index in [1.54, 1.807) is 23.8 Å². The molecule has 0 spiro atoms. The second kappa shape index (κ2) is 5.25. The third-order valence-electron chi connectivity index (χ3n) is 2.40. The predicted octanol–water partition coefficient (Wildman–Crippen LogP) is 2.40. The molecule has 0 aliphatic rings. The van der Waals surface area contributed by atoms with E-state index >= 15 is 0 Å². The Morgan fingerprint density at radius 2 is 2.41 bits per heavy atom. The summed E-state index contributed by atoms with van der Waals surface area (Å²) < 4.78 is 1.05. The quantitative estimate of drug-likeness (QED) is 0.875. The molecular formula is C12H14N2O2S. The van der Waals surface area contributed by atoms with Crippen molar-refractivity contribution in [3.8, 4) is 0 Å². The highest BCUT2D eigenvalue weighted by Gasteiger charge is 2.05. The van der Waals surface area contributed by atoms with Gasteiger partial charge in [0.25, 0.3) is 0 Å². The van der Waals surface area contributed by atoms with Crippen LogP contribution >= 0.6 is 11.3 Å². The Balaban J connectivity index is 2.00. The number of nitrogens with one attached hydrogen (secondary N) is 1. The first-order valence-corrected chi connectivity index (χ1v) is 6.34. The van der Waals surface area contributed by atoms with E-state index in [-0.39, 0.29) is 5.91 Å². The average molecular weight is 250 g/mol. The van der Waals surface area contributed by atoms with Gasteiger partial charge >= 0.3 is 0 Å². The van der Waals surface area contributed by atoms with Crippen LogP contribution in [0.15, 0.2) is 23.7 Å². The minimum absolute atomic E-state index is 0.0743. The van der Waals surface area contributed by atoms with Gasteiger partial charge in [0.1, 0.15) is 0 Å². The maximum absolute atomic E-state index is 11.6. The largest absolute Gasteiger partial charge is 0.393 e. The Labute approximate surface area is 103 Å². The summed E-state index contributed by atoms with van der Waals surface area (Å²) in [5.41, 5.74) is 3.50. The molecule has 2 rings (SSSR count). The SMILES string of the molecule is CC(O)CCC(=O)Nc1ccc2ncsc2c1. The van der Waals surface area contributed by atoms with E-state index in [1.165, 1.54) is 0 Å². The first kappa shape index (κ1) is 12.0. The maximum atomic E-state index is 11.6. The number of fused-ring (bicyclic) bond motifs is 1. The first-order valence-electron chi connectivity index (χ1n) is 5.46. The molecule has 1 amide bonds. The van der Waals surface area contributed by atoms with Gasteiger partial charge in [0.05, 0.1) is 21.8 Å². The van der Waals surface area contributed by atoms with E-state index in [4.69, 9.17) is 5.11 Å². The van der Waals surface area contributed by atoms with Gasteiger partial charge in [0.15, 0.2) is 0 Å². The van der Waals surface area contributed by atoms with Crippen LogP contribution in [0.3, 0.4) is 0 Å². The van der Waals surface area contributed by atoms with Crippen LogP contribution in [-0.2, 0) is 4.79 Å². The van der Waals surface area contributed by atoms with Crippen molar-refractivity contribution in [1.29, 1.82) is 0 Å². The van der Waals surface area contributed by atoms with Crippen molar-refractivity contribution in [2.45, 2.75) is 25.9 Å².